The molecule has 4 amide bonds. The number of nitrogens with one attached hydrogen (secondary N) is 1. The van der Waals surface area contributed by atoms with E-state index in [1.54, 1.807) is 6.92 Å². The van der Waals surface area contributed by atoms with E-state index in [4.69, 9.17) is 0 Å². The van der Waals surface area contributed by atoms with E-state index in [0.29, 0.717) is 11.1 Å². The van der Waals surface area contributed by atoms with E-state index >= 15 is 0 Å². The van der Waals surface area contributed by atoms with E-state index in [1.165, 1.54) is 49.2 Å². The Balaban J connectivity index is 1.75. The Labute approximate surface area is 171 Å². The molecule has 0 bridgehead atoms. The first kappa shape index (κ1) is 21.4. The van der Waals surface area contributed by atoms with Gasteiger partial charge in [-0.25, -0.2) is 18.0 Å². The Kier molecular flexibility index (Phi) is 5.56. The third-order valence-corrected chi connectivity index (χ3v) is 5.39. The lowest BCUT2D eigenvalue weighted by Crippen LogP contribution is -2.44. The van der Waals surface area contributed by atoms with Gasteiger partial charge in [0, 0.05) is 7.05 Å². The molecular weight excluding hydrogens is 399 g/mol. The zero-order chi connectivity index (χ0) is 22.2. The second-order valence-electron chi connectivity index (χ2n) is 7.31. The van der Waals surface area contributed by atoms with Gasteiger partial charge in [0.2, 0.25) is 5.91 Å². The van der Waals surface area contributed by atoms with E-state index < -0.39 is 53.4 Å². The Morgan fingerprint density at radius 3 is 2.33 bits per heavy atom. The Morgan fingerprint density at radius 2 is 1.73 bits per heavy atom. The van der Waals surface area contributed by atoms with Crippen molar-refractivity contribution in [2.24, 2.45) is 0 Å². The molecule has 1 saturated heterocycles. The fourth-order valence-corrected chi connectivity index (χ4v) is 3.28. The monoisotopic (exact) mass is 419 g/mol. The van der Waals surface area contributed by atoms with Gasteiger partial charge in [0.05, 0.1) is 6.04 Å². The van der Waals surface area contributed by atoms with Crippen LogP contribution < -0.4 is 5.32 Å². The van der Waals surface area contributed by atoms with Gasteiger partial charge in [-0.05, 0) is 49.2 Å². The van der Waals surface area contributed by atoms with Crippen molar-refractivity contribution >= 4 is 17.8 Å². The molecule has 0 spiro atoms. The van der Waals surface area contributed by atoms with Crippen LogP contribution in [-0.2, 0) is 15.1 Å². The highest BCUT2D eigenvalue weighted by molar-refractivity contribution is 6.09. The predicted octanol–water partition coefficient (Wildman–Crippen LogP) is 3.09. The van der Waals surface area contributed by atoms with Gasteiger partial charge in [0.15, 0.2) is 11.6 Å². The Hall–Kier alpha value is -3.36. The first-order valence-corrected chi connectivity index (χ1v) is 9.15. The minimum atomic E-state index is -1.44. The number of hydrogen-bond donors (Lipinski definition) is 1. The predicted molar refractivity (Wildman–Crippen MR) is 102 cm³/mol. The first-order chi connectivity index (χ1) is 14.0. The maximum atomic E-state index is 13.5. The number of nitrogens with zero attached hydrogens (tertiary/aromatic N) is 2. The molecule has 1 N–H and O–H groups in total. The average molecular weight is 419 g/mol. The fourth-order valence-electron chi connectivity index (χ4n) is 3.28. The summed E-state index contributed by atoms with van der Waals surface area (Å²) in [6.07, 6.45) is 0. The third kappa shape index (κ3) is 3.74. The van der Waals surface area contributed by atoms with Crippen molar-refractivity contribution in [3.05, 3.63) is 71.0 Å². The van der Waals surface area contributed by atoms with Gasteiger partial charge in [-0.3, -0.25) is 14.5 Å². The van der Waals surface area contributed by atoms with Crippen LogP contribution in [0.15, 0.2) is 42.5 Å². The third-order valence-electron chi connectivity index (χ3n) is 5.39. The molecule has 2 unspecified atom stereocenters. The molecule has 0 aromatic heterocycles. The molecule has 30 heavy (non-hydrogen) atoms. The molecule has 1 heterocycles. The lowest BCUT2D eigenvalue weighted by Gasteiger charge is -2.27. The number of imide groups is 1. The normalized spacial score (nSPS) is 19.6. The number of amides is 4. The Bertz CT molecular complexity index is 1010. The topological polar surface area (TPSA) is 69.7 Å². The highest BCUT2D eigenvalue weighted by Gasteiger charge is 2.49. The van der Waals surface area contributed by atoms with Crippen molar-refractivity contribution in [1.29, 1.82) is 0 Å². The molecule has 1 aliphatic rings. The number of rotatable bonds is 5. The summed E-state index contributed by atoms with van der Waals surface area (Å²) in [5.74, 6) is -3.75. The Morgan fingerprint density at radius 1 is 1.10 bits per heavy atom. The molecule has 2 aromatic rings. The van der Waals surface area contributed by atoms with Gasteiger partial charge in [-0.15, -0.1) is 0 Å². The van der Waals surface area contributed by atoms with Gasteiger partial charge in [-0.1, -0.05) is 18.2 Å². The SMILES string of the molecule is CC(c1ccc(F)c(F)c1)N(C)C(=O)CN1C(=O)NC(C)(c2ccc(F)cc2)C1=O. The van der Waals surface area contributed by atoms with Crippen molar-refractivity contribution < 1.29 is 27.6 Å². The largest absolute Gasteiger partial charge is 0.337 e. The molecule has 1 fully saturated rings. The first-order valence-electron chi connectivity index (χ1n) is 9.15. The molecule has 1 aliphatic heterocycles. The van der Waals surface area contributed by atoms with Gasteiger partial charge in [-0.2, -0.15) is 0 Å². The van der Waals surface area contributed by atoms with Crippen molar-refractivity contribution in [2.45, 2.75) is 25.4 Å². The van der Waals surface area contributed by atoms with E-state index in [-0.39, 0.29) is 0 Å². The number of hydrogen-bond acceptors (Lipinski definition) is 3. The minimum absolute atomic E-state index is 0.359. The summed E-state index contributed by atoms with van der Waals surface area (Å²) in [4.78, 5) is 40.0. The van der Waals surface area contributed by atoms with Crippen LogP contribution >= 0.6 is 0 Å². The fraction of sp³-hybridized carbons (Fsp3) is 0.286. The zero-order valence-corrected chi connectivity index (χ0v) is 16.6. The molecule has 2 aromatic carbocycles. The quantitative estimate of drug-likeness (QED) is 0.758. The number of carbonyl (C=O) groups is 3. The summed E-state index contributed by atoms with van der Waals surface area (Å²) < 4.78 is 39.8. The number of benzene rings is 2. The van der Waals surface area contributed by atoms with E-state index in [1.807, 2.05) is 0 Å². The second kappa shape index (κ2) is 7.81. The van der Waals surface area contributed by atoms with E-state index in [9.17, 15) is 27.6 Å². The van der Waals surface area contributed by atoms with Crippen molar-refractivity contribution in [3.63, 3.8) is 0 Å². The highest BCUT2D eigenvalue weighted by Crippen LogP contribution is 2.29. The number of halogens is 3. The van der Waals surface area contributed by atoms with Crippen LogP contribution in [-0.4, -0.2) is 41.2 Å². The average Bonchev–Trinajstić information content (AvgIpc) is 2.93. The summed E-state index contributed by atoms with van der Waals surface area (Å²) in [6.45, 7) is 2.55. The van der Waals surface area contributed by atoms with E-state index in [0.717, 1.165) is 17.0 Å². The number of urea groups is 1. The van der Waals surface area contributed by atoms with Crippen LogP contribution in [0.25, 0.3) is 0 Å². The number of likely N-dealkylation sites (N-methyl/N-ethyl adjacent to an activating group) is 1. The van der Waals surface area contributed by atoms with Gasteiger partial charge < -0.3 is 10.2 Å². The summed E-state index contributed by atoms with van der Waals surface area (Å²) in [5.41, 5.74) is -0.700. The van der Waals surface area contributed by atoms with Crippen LogP contribution in [0.5, 0.6) is 0 Å². The molecule has 0 saturated carbocycles. The molecule has 3 rings (SSSR count). The summed E-state index contributed by atoms with van der Waals surface area (Å²) >= 11 is 0. The maximum Gasteiger partial charge on any atom is 0.325 e. The lowest BCUT2D eigenvalue weighted by molar-refractivity contribution is -0.139. The van der Waals surface area contributed by atoms with Crippen LogP contribution in [0.2, 0.25) is 0 Å². The van der Waals surface area contributed by atoms with Crippen LogP contribution in [0.3, 0.4) is 0 Å². The lowest BCUT2D eigenvalue weighted by atomic mass is 9.92. The van der Waals surface area contributed by atoms with Crippen molar-refractivity contribution in [1.82, 2.24) is 15.1 Å². The molecule has 9 heteroatoms. The number of carbonyl (C=O) groups excluding carboxylic acids is 3. The van der Waals surface area contributed by atoms with Crippen LogP contribution in [0, 0.1) is 17.5 Å². The highest BCUT2D eigenvalue weighted by atomic mass is 19.2. The second-order valence-corrected chi connectivity index (χ2v) is 7.31. The van der Waals surface area contributed by atoms with Crippen molar-refractivity contribution in [3.8, 4) is 0 Å². The molecule has 6 nitrogen and oxygen atoms in total. The maximum absolute atomic E-state index is 13.5. The van der Waals surface area contributed by atoms with Crippen molar-refractivity contribution in [2.75, 3.05) is 13.6 Å². The summed E-state index contributed by atoms with van der Waals surface area (Å²) in [7, 11) is 1.44. The smallest absolute Gasteiger partial charge is 0.325 e. The standard InChI is InChI=1S/C21H20F3N3O3/c1-12(13-4-9-16(23)17(24)10-13)26(3)18(28)11-27-19(29)21(2,25-20(27)30)14-5-7-15(22)8-6-14/h4-10,12H,11H2,1-3H3,(H,25,30). The molecule has 0 aliphatic carbocycles. The van der Waals surface area contributed by atoms with Gasteiger partial charge >= 0.3 is 6.03 Å². The summed E-state index contributed by atoms with van der Waals surface area (Å²) in [5, 5.41) is 2.54. The summed E-state index contributed by atoms with van der Waals surface area (Å²) in [6, 6.07) is 7.04. The van der Waals surface area contributed by atoms with E-state index in [2.05, 4.69) is 5.32 Å². The molecule has 0 radical (unpaired) electrons. The molecular formula is C21H20F3N3O3. The van der Waals surface area contributed by atoms with Gasteiger partial charge in [0.1, 0.15) is 17.9 Å². The van der Waals surface area contributed by atoms with Crippen LogP contribution in [0.1, 0.15) is 31.0 Å². The molecule has 2 atom stereocenters. The van der Waals surface area contributed by atoms with Crippen LogP contribution in [0.4, 0.5) is 18.0 Å². The minimum Gasteiger partial charge on any atom is -0.337 e. The molecule has 158 valence electrons. The van der Waals surface area contributed by atoms with Gasteiger partial charge in [0.25, 0.3) is 5.91 Å². The zero-order valence-electron chi connectivity index (χ0n) is 16.6.